The molecule has 3 heterocycles. The van der Waals surface area contributed by atoms with Gasteiger partial charge in [0.15, 0.2) is 0 Å². The fourth-order valence-electron chi connectivity index (χ4n) is 5.13. The first-order chi connectivity index (χ1) is 16.5. The molecule has 0 aromatic heterocycles. The van der Waals surface area contributed by atoms with E-state index in [1.165, 1.54) is 16.0 Å². The number of hydrogen-bond acceptors (Lipinski definition) is 5. The van der Waals surface area contributed by atoms with Gasteiger partial charge in [-0.25, -0.2) is 0 Å². The maximum atomic E-state index is 10.3. The van der Waals surface area contributed by atoms with E-state index in [9.17, 15) is 5.11 Å². The van der Waals surface area contributed by atoms with E-state index in [4.69, 9.17) is 4.74 Å². The molecule has 0 spiro atoms. The first-order valence-corrected chi connectivity index (χ1v) is 12.7. The quantitative estimate of drug-likeness (QED) is 0.630. The molecule has 0 aliphatic carbocycles. The Balaban J connectivity index is 1.95. The Kier molecular flexibility index (Phi) is 6.92. The molecule has 1 aromatic rings. The Labute approximate surface area is 210 Å². The van der Waals surface area contributed by atoms with Crippen molar-refractivity contribution in [1.82, 2.24) is 15.1 Å². The highest BCUT2D eigenvalue weighted by molar-refractivity contribution is 5.70. The van der Waals surface area contributed by atoms with Crippen LogP contribution in [0.5, 0.6) is 5.75 Å². The van der Waals surface area contributed by atoms with Crippen LogP contribution < -0.4 is 20.5 Å². The lowest BCUT2D eigenvalue weighted by molar-refractivity contribution is 0.129. The zero-order chi connectivity index (χ0) is 25.5. The lowest BCUT2D eigenvalue weighted by atomic mass is 9.82. The molecule has 3 aliphatic rings. The number of likely N-dealkylation sites (N-methyl/N-ethyl adjacent to an activating group) is 1. The zero-order valence-corrected chi connectivity index (χ0v) is 22.2. The maximum absolute atomic E-state index is 10.3. The van der Waals surface area contributed by atoms with Gasteiger partial charge in [0.2, 0.25) is 0 Å². The summed E-state index contributed by atoms with van der Waals surface area (Å²) in [7, 11) is 2.18. The molecule has 0 bridgehead atoms. The van der Waals surface area contributed by atoms with Crippen molar-refractivity contribution in [1.29, 1.82) is 0 Å². The summed E-state index contributed by atoms with van der Waals surface area (Å²) >= 11 is 0. The third-order valence-electron chi connectivity index (χ3n) is 7.50. The van der Waals surface area contributed by atoms with Crippen molar-refractivity contribution in [2.45, 2.75) is 47.1 Å². The highest BCUT2D eigenvalue weighted by Gasteiger charge is 2.40. The topological polar surface area (TPSA) is 48.0 Å². The Morgan fingerprint density at radius 3 is 2.54 bits per heavy atom. The van der Waals surface area contributed by atoms with Gasteiger partial charge in [-0.1, -0.05) is 58.6 Å². The van der Waals surface area contributed by atoms with Gasteiger partial charge in [0.25, 0.3) is 0 Å². The molecule has 2 N–H and O–H groups in total. The van der Waals surface area contributed by atoms with Crippen LogP contribution in [0.4, 0.5) is 0 Å². The number of hydrogen-bond donors (Lipinski definition) is 2. The highest BCUT2D eigenvalue weighted by Crippen LogP contribution is 2.40. The fraction of sp³-hybridized carbons (Fsp3) is 0.467. The monoisotopic (exact) mass is 475 g/mol. The molecule has 1 unspecified atom stereocenters. The van der Waals surface area contributed by atoms with Crippen molar-refractivity contribution in [3.05, 3.63) is 76.7 Å². The van der Waals surface area contributed by atoms with E-state index in [1.54, 1.807) is 0 Å². The first-order valence-electron chi connectivity index (χ1n) is 12.7. The van der Waals surface area contributed by atoms with Crippen molar-refractivity contribution in [3.63, 3.8) is 0 Å². The molecular weight excluding hydrogens is 434 g/mol. The summed E-state index contributed by atoms with van der Waals surface area (Å²) in [6.45, 7) is 22.9. The third-order valence-corrected chi connectivity index (χ3v) is 7.50. The van der Waals surface area contributed by atoms with Crippen molar-refractivity contribution in [2.75, 3.05) is 33.3 Å². The van der Waals surface area contributed by atoms with Crippen LogP contribution in [-0.2, 0) is 0 Å². The largest absolute Gasteiger partial charge is 0.508 e. The minimum Gasteiger partial charge on any atom is -0.508 e. The van der Waals surface area contributed by atoms with Crippen LogP contribution in [0.25, 0.3) is 11.3 Å². The summed E-state index contributed by atoms with van der Waals surface area (Å²) in [5, 5.41) is 15.9. The molecule has 0 saturated carbocycles. The van der Waals surface area contributed by atoms with Crippen LogP contribution in [0.3, 0.4) is 0 Å². The number of rotatable bonds is 5. The van der Waals surface area contributed by atoms with Crippen LogP contribution >= 0.6 is 0 Å². The number of piperazine rings is 1. The van der Waals surface area contributed by atoms with Gasteiger partial charge >= 0.3 is 0 Å². The lowest BCUT2D eigenvalue weighted by Crippen LogP contribution is -2.55. The molecule has 5 nitrogen and oxygen atoms in total. The van der Waals surface area contributed by atoms with Gasteiger partial charge in [0, 0.05) is 54.8 Å². The molecular formula is C30H41N3O2. The molecule has 2 fully saturated rings. The van der Waals surface area contributed by atoms with Crippen LogP contribution in [-0.4, -0.2) is 54.2 Å². The standard InChI is InChI=1S/C30H41N3O2/c1-9-19(2)28-23(11-10-12-26(28)35-18-22-14-31-15-22)29-25-13-20(3)24(21(4)34)16-33(25)27(17-32(29)8)30(5,6)7/h10-13,16,22,27,31,34H,3-4,9,14-15,17-18H2,1-2,5-8H3/b28-19?,29-23-. The number of benzene rings is 1. The number of nitrogens with zero attached hydrogens (tertiary/aromatic N) is 2. The number of nitrogens with one attached hydrogen (secondary N) is 1. The molecule has 35 heavy (non-hydrogen) atoms. The van der Waals surface area contributed by atoms with E-state index in [0.29, 0.717) is 11.5 Å². The molecule has 1 aromatic carbocycles. The van der Waals surface area contributed by atoms with Gasteiger partial charge in [-0.05, 0) is 36.5 Å². The average Bonchev–Trinajstić information content (AvgIpc) is 2.75. The van der Waals surface area contributed by atoms with Crippen LogP contribution in [0.15, 0.2) is 66.2 Å². The molecule has 2 saturated heterocycles. The summed E-state index contributed by atoms with van der Waals surface area (Å²) in [4.78, 5) is 4.69. The number of aliphatic hydroxyl groups excluding tert-OH is 1. The summed E-state index contributed by atoms with van der Waals surface area (Å²) in [5.41, 5.74) is 5.04. The second kappa shape index (κ2) is 9.62. The minimum absolute atomic E-state index is 0.0199. The van der Waals surface area contributed by atoms with Crippen molar-refractivity contribution in [2.24, 2.45) is 11.3 Å². The van der Waals surface area contributed by atoms with Crippen molar-refractivity contribution < 1.29 is 9.84 Å². The van der Waals surface area contributed by atoms with E-state index < -0.39 is 0 Å². The normalized spacial score (nSPS) is 23.3. The van der Waals surface area contributed by atoms with Gasteiger partial charge in [-0.2, -0.15) is 0 Å². The van der Waals surface area contributed by atoms with E-state index in [-0.39, 0.29) is 17.2 Å². The Morgan fingerprint density at radius 2 is 1.97 bits per heavy atom. The van der Waals surface area contributed by atoms with Gasteiger partial charge in [-0.15, -0.1) is 0 Å². The smallest absolute Gasteiger partial charge is 0.127 e. The highest BCUT2D eigenvalue weighted by atomic mass is 16.5. The summed E-state index contributed by atoms with van der Waals surface area (Å²) in [6.07, 6.45) is 5.08. The molecule has 1 atom stereocenters. The van der Waals surface area contributed by atoms with Gasteiger partial charge in [-0.3, -0.25) is 0 Å². The number of aliphatic hydroxyl groups is 1. The summed E-state index contributed by atoms with van der Waals surface area (Å²) in [6, 6.07) is 6.63. The second-order valence-electron chi connectivity index (χ2n) is 11.2. The number of fused-ring (bicyclic) bond motifs is 1. The average molecular weight is 476 g/mol. The van der Waals surface area contributed by atoms with E-state index in [0.717, 1.165) is 55.4 Å². The Bertz CT molecular complexity index is 1210. The van der Waals surface area contributed by atoms with Crippen LogP contribution in [0, 0.1) is 11.3 Å². The molecule has 0 radical (unpaired) electrons. The van der Waals surface area contributed by atoms with Gasteiger partial charge in [0.05, 0.1) is 24.0 Å². The Morgan fingerprint density at radius 1 is 1.26 bits per heavy atom. The SMILES string of the molecule is C=C(O)C1=CN2C(=CC1=C)/C(=c1\cccc(OCC3CNC3)c1=C(C)CC)N(C)CC2C(C)(C)C. The second-order valence-corrected chi connectivity index (χ2v) is 11.2. The molecule has 188 valence electrons. The predicted octanol–water partition coefficient (Wildman–Crippen LogP) is 4.05. The molecule has 5 heteroatoms. The van der Waals surface area contributed by atoms with E-state index >= 15 is 0 Å². The van der Waals surface area contributed by atoms with E-state index in [2.05, 4.69) is 94.2 Å². The number of ether oxygens (including phenoxy) is 1. The van der Waals surface area contributed by atoms with E-state index in [1.807, 2.05) is 6.20 Å². The Hall–Kier alpha value is -2.92. The zero-order valence-electron chi connectivity index (χ0n) is 22.2. The van der Waals surface area contributed by atoms with Crippen molar-refractivity contribution >= 4 is 11.3 Å². The minimum atomic E-state index is 0.0199. The summed E-state index contributed by atoms with van der Waals surface area (Å²) < 4.78 is 6.41. The predicted molar refractivity (Wildman–Crippen MR) is 145 cm³/mol. The van der Waals surface area contributed by atoms with Crippen molar-refractivity contribution in [3.8, 4) is 5.75 Å². The number of allylic oxidation sites excluding steroid dienone is 2. The fourth-order valence-corrected chi connectivity index (χ4v) is 5.13. The lowest BCUT2D eigenvalue weighted by Gasteiger charge is -2.50. The third kappa shape index (κ3) is 4.79. The maximum Gasteiger partial charge on any atom is 0.127 e. The molecule has 0 amide bonds. The first kappa shape index (κ1) is 25.2. The van der Waals surface area contributed by atoms with Gasteiger partial charge < -0.3 is 25.0 Å². The van der Waals surface area contributed by atoms with Crippen LogP contribution in [0.1, 0.15) is 41.0 Å². The molecule has 3 aliphatic heterocycles. The summed E-state index contributed by atoms with van der Waals surface area (Å²) in [5.74, 6) is 1.57. The van der Waals surface area contributed by atoms with Gasteiger partial charge in [0.1, 0.15) is 11.5 Å². The molecule has 4 rings (SSSR count). The van der Waals surface area contributed by atoms with Crippen LogP contribution in [0.2, 0.25) is 0 Å².